The van der Waals surface area contributed by atoms with E-state index >= 15 is 0 Å². The van der Waals surface area contributed by atoms with Gasteiger partial charge in [0.25, 0.3) is 0 Å². The Labute approximate surface area is 124 Å². The fraction of sp³-hybridized carbons (Fsp3) is 0.786. The molecular weight excluding hydrogens is 276 g/mol. The maximum atomic E-state index is 12.4. The molecule has 2 amide bonds. The second kappa shape index (κ2) is 6.32. The van der Waals surface area contributed by atoms with Crippen LogP contribution in [0.2, 0.25) is 0 Å². The lowest BCUT2D eigenvalue weighted by Gasteiger charge is -2.42. The highest BCUT2D eigenvalue weighted by molar-refractivity contribution is 5.89. The molecule has 120 valence electrons. The summed E-state index contributed by atoms with van der Waals surface area (Å²) in [6.07, 6.45) is -0.537. The Kier molecular flexibility index (Phi) is 5.20. The van der Waals surface area contributed by atoms with Gasteiger partial charge in [-0.15, -0.1) is 0 Å². The van der Waals surface area contributed by atoms with Gasteiger partial charge < -0.3 is 14.7 Å². The predicted octanol–water partition coefficient (Wildman–Crippen LogP) is 1.17. The van der Waals surface area contributed by atoms with E-state index in [2.05, 4.69) is 0 Å². The van der Waals surface area contributed by atoms with Crippen LogP contribution in [0.25, 0.3) is 0 Å². The van der Waals surface area contributed by atoms with Crippen LogP contribution in [-0.2, 0) is 14.3 Å². The second-order valence-electron chi connectivity index (χ2n) is 6.52. The molecule has 0 radical (unpaired) electrons. The van der Waals surface area contributed by atoms with Crippen molar-refractivity contribution in [2.75, 3.05) is 19.6 Å². The predicted molar refractivity (Wildman–Crippen MR) is 75.8 cm³/mol. The number of rotatable bonds is 3. The van der Waals surface area contributed by atoms with Gasteiger partial charge in [0.1, 0.15) is 18.2 Å². The Morgan fingerprint density at radius 2 is 1.90 bits per heavy atom. The highest BCUT2D eigenvalue weighted by Crippen LogP contribution is 2.21. The molecular formula is C14H24N2O5. The zero-order valence-corrected chi connectivity index (χ0v) is 13.3. The number of hydrogen-bond acceptors (Lipinski definition) is 4. The number of amides is 2. The van der Waals surface area contributed by atoms with Crippen LogP contribution in [0, 0.1) is 5.92 Å². The Morgan fingerprint density at radius 3 is 2.33 bits per heavy atom. The molecule has 1 heterocycles. The minimum Gasteiger partial charge on any atom is -0.480 e. The quantitative estimate of drug-likeness (QED) is 0.845. The maximum absolute atomic E-state index is 12.4. The van der Waals surface area contributed by atoms with Crippen LogP contribution in [0.5, 0.6) is 0 Å². The maximum Gasteiger partial charge on any atom is 0.411 e. The smallest absolute Gasteiger partial charge is 0.411 e. The van der Waals surface area contributed by atoms with E-state index in [9.17, 15) is 14.4 Å². The fourth-order valence-corrected chi connectivity index (χ4v) is 2.29. The summed E-state index contributed by atoms with van der Waals surface area (Å²) < 4.78 is 5.32. The molecule has 1 fully saturated rings. The Morgan fingerprint density at radius 1 is 1.33 bits per heavy atom. The van der Waals surface area contributed by atoms with E-state index in [4.69, 9.17) is 9.84 Å². The van der Waals surface area contributed by atoms with Crippen molar-refractivity contribution in [3.63, 3.8) is 0 Å². The summed E-state index contributed by atoms with van der Waals surface area (Å²) in [7, 11) is 0. The lowest BCUT2D eigenvalue weighted by molar-refractivity contribution is -0.151. The van der Waals surface area contributed by atoms with Crippen molar-refractivity contribution >= 4 is 18.0 Å². The van der Waals surface area contributed by atoms with E-state index in [1.165, 1.54) is 9.80 Å². The van der Waals surface area contributed by atoms with Gasteiger partial charge in [-0.2, -0.15) is 0 Å². The number of piperazine rings is 1. The molecule has 1 saturated heterocycles. The summed E-state index contributed by atoms with van der Waals surface area (Å²) in [6, 6.07) is -0.687. The summed E-state index contributed by atoms with van der Waals surface area (Å²) in [5, 5.41) is 8.84. The molecule has 21 heavy (non-hydrogen) atoms. The van der Waals surface area contributed by atoms with Crippen molar-refractivity contribution in [3.05, 3.63) is 0 Å². The van der Waals surface area contributed by atoms with Gasteiger partial charge in [-0.1, -0.05) is 13.8 Å². The zero-order chi connectivity index (χ0) is 16.4. The summed E-state index contributed by atoms with van der Waals surface area (Å²) >= 11 is 0. The van der Waals surface area contributed by atoms with Gasteiger partial charge in [-0.3, -0.25) is 14.5 Å². The summed E-state index contributed by atoms with van der Waals surface area (Å²) in [6.45, 7) is 9.07. The van der Waals surface area contributed by atoms with Crippen LogP contribution < -0.4 is 0 Å². The van der Waals surface area contributed by atoms with Crippen molar-refractivity contribution < 1.29 is 24.2 Å². The van der Waals surface area contributed by atoms with Crippen LogP contribution in [0.15, 0.2) is 0 Å². The summed E-state index contributed by atoms with van der Waals surface area (Å²) in [5.41, 5.74) is -0.639. The molecule has 1 aliphatic rings. The molecule has 0 saturated carbocycles. The zero-order valence-electron chi connectivity index (χ0n) is 13.3. The van der Waals surface area contributed by atoms with Crippen LogP contribution >= 0.6 is 0 Å². The molecule has 1 N–H and O–H groups in total. The summed E-state index contributed by atoms with van der Waals surface area (Å²) in [4.78, 5) is 38.1. The number of carboxylic acids is 1. The number of carbonyl (C=O) groups excluding carboxylic acids is 2. The number of hydrogen-bond donors (Lipinski definition) is 1. The monoisotopic (exact) mass is 300 g/mol. The minimum atomic E-state index is -1.06. The van der Waals surface area contributed by atoms with E-state index in [1.807, 2.05) is 13.8 Å². The second-order valence-corrected chi connectivity index (χ2v) is 6.52. The first kappa shape index (κ1) is 17.3. The molecule has 0 aromatic carbocycles. The van der Waals surface area contributed by atoms with Gasteiger partial charge in [0.15, 0.2) is 0 Å². The molecule has 1 atom stereocenters. The van der Waals surface area contributed by atoms with Crippen LogP contribution in [-0.4, -0.2) is 64.2 Å². The largest absolute Gasteiger partial charge is 0.480 e. The first-order valence-electron chi connectivity index (χ1n) is 7.03. The molecule has 0 aromatic heterocycles. The van der Waals surface area contributed by atoms with E-state index in [0.29, 0.717) is 0 Å². The Bertz CT molecular complexity index is 428. The van der Waals surface area contributed by atoms with Crippen molar-refractivity contribution in [2.45, 2.75) is 46.3 Å². The summed E-state index contributed by atoms with van der Waals surface area (Å²) in [5.74, 6) is -1.53. The average molecular weight is 300 g/mol. The first-order chi connectivity index (χ1) is 9.53. The lowest BCUT2D eigenvalue weighted by atomic mass is 9.99. The molecule has 0 aromatic rings. The minimum absolute atomic E-state index is 0.124. The van der Waals surface area contributed by atoms with Gasteiger partial charge in [-0.25, -0.2) is 4.79 Å². The lowest BCUT2D eigenvalue weighted by Crippen LogP contribution is -2.61. The molecule has 0 aliphatic carbocycles. The van der Waals surface area contributed by atoms with Crippen LogP contribution in [0.3, 0.4) is 0 Å². The molecule has 7 nitrogen and oxygen atoms in total. The molecule has 1 unspecified atom stereocenters. The fourth-order valence-electron chi connectivity index (χ4n) is 2.29. The highest BCUT2D eigenvalue weighted by Gasteiger charge is 2.41. The van der Waals surface area contributed by atoms with Crippen molar-refractivity contribution in [1.82, 2.24) is 9.80 Å². The van der Waals surface area contributed by atoms with E-state index in [1.54, 1.807) is 20.8 Å². The number of aliphatic carboxylic acids is 1. The van der Waals surface area contributed by atoms with Crippen molar-refractivity contribution in [2.24, 2.45) is 5.92 Å². The molecule has 1 rings (SSSR count). The molecule has 0 bridgehead atoms. The van der Waals surface area contributed by atoms with Gasteiger partial charge in [0, 0.05) is 13.1 Å². The number of nitrogens with zero attached hydrogens (tertiary/aromatic N) is 2. The first-order valence-corrected chi connectivity index (χ1v) is 7.03. The van der Waals surface area contributed by atoms with E-state index in [0.717, 1.165) is 0 Å². The van der Waals surface area contributed by atoms with E-state index in [-0.39, 0.29) is 31.5 Å². The molecule has 7 heteroatoms. The van der Waals surface area contributed by atoms with Crippen LogP contribution in [0.4, 0.5) is 4.79 Å². The van der Waals surface area contributed by atoms with Crippen molar-refractivity contribution in [3.8, 4) is 0 Å². The van der Waals surface area contributed by atoms with Crippen molar-refractivity contribution in [1.29, 1.82) is 0 Å². The Balaban J connectivity index is 2.90. The molecule has 1 aliphatic heterocycles. The Hall–Kier alpha value is -1.79. The molecule has 0 spiro atoms. The number of carbonyl (C=O) groups is 3. The van der Waals surface area contributed by atoms with Crippen LogP contribution in [0.1, 0.15) is 34.6 Å². The van der Waals surface area contributed by atoms with E-state index < -0.39 is 23.7 Å². The van der Waals surface area contributed by atoms with Gasteiger partial charge in [0.05, 0.1) is 0 Å². The van der Waals surface area contributed by atoms with Gasteiger partial charge in [0.2, 0.25) is 5.91 Å². The van der Waals surface area contributed by atoms with Gasteiger partial charge >= 0.3 is 12.1 Å². The third-order valence-electron chi connectivity index (χ3n) is 3.10. The van der Waals surface area contributed by atoms with Gasteiger partial charge in [-0.05, 0) is 26.7 Å². The standard InChI is InChI=1S/C14H24N2O5/c1-9(2)11-12(19)15(8-10(17)18)6-7-16(11)13(20)21-14(3,4)5/h9,11H,6-8H2,1-5H3,(H,17,18). The number of ether oxygens (including phenoxy) is 1. The average Bonchev–Trinajstić information content (AvgIpc) is 2.27. The number of carboxylic acid groups (broad SMARTS) is 1. The topological polar surface area (TPSA) is 87.2 Å². The third-order valence-corrected chi connectivity index (χ3v) is 3.10. The third kappa shape index (κ3) is 4.61. The SMILES string of the molecule is CC(C)C1C(=O)N(CC(=O)O)CCN1C(=O)OC(C)(C)C. The normalized spacial score (nSPS) is 19.9. The highest BCUT2D eigenvalue weighted by atomic mass is 16.6.